The molecule has 3 nitrogen and oxygen atoms in total. The molecule has 0 saturated heterocycles. The molecule has 0 aliphatic carbocycles. The Morgan fingerprint density at radius 1 is 1.53 bits per heavy atom. The normalized spacial score (nSPS) is 13.0. The first-order chi connectivity index (χ1) is 7.24. The van der Waals surface area contributed by atoms with E-state index in [1.807, 2.05) is 17.9 Å². The molecular formula is C12H23N3. The summed E-state index contributed by atoms with van der Waals surface area (Å²) in [5.41, 5.74) is 1.30. The summed E-state index contributed by atoms with van der Waals surface area (Å²) in [4.78, 5) is 0. The molecule has 0 aromatic carbocycles. The van der Waals surface area contributed by atoms with Crippen LogP contribution in [-0.2, 0) is 13.5 Å². The zero-order chi connectivity index (χ0) is 11.1. The Balaban J connectivity index is 2.13. The molecule has 15 heavy (non-hydrogen) atoms. The van der Waals surface area contributed by atoms with Gasteiger partial charge in [0.05, 0.1) is 0 Å². The maximum atomic E-state index is 4.15. The topological polar surface area (TPSA) is 29.9 Å². The van der Waals surface area contributed by atoms with Crippen molar-refractivity contribution >= 4 is 0 Å². The quantitative estimate of drug-likeness (QED) is 0.745. The van der Waals surface area contributed by atoms with Gasteiger partial charge in [0.25, 0.3) is 0 Å². The fourth-order valence-electron chi connectivity index (χ4n) is 1.71. The maximum Gasteiger partial charge on any atom is 0.0492 e. The molecule has 1 aromatic rings. The minimum absolute atomic E-state index is 0.637. The second-order valence-corrected chi connectivity index (χ2v) is 4.19. The zero-order valence-electron chi connectivity index (χ0n) is 10.2. The van der Waals surface area contributed by atoms with Gasteiger partial charge in [0.2, 0.25) is 0 Å². The third-order valence-corrected chi connectivity index (χ3v) is 2.79. The van der Waals surface area contributed by atoms with Gasteiger partial charge in [-0.1, -0.05) is 19.8 Å². The Morgan fingerprint density at radius 2 is 2.33 bits per heavy atom. The highest BCUT2D eigenvalue weighted by molar-refractivity contribution is 5.00. The summed E-state index contributed by atoms with van der Waals surface area (Å²) in [7, 11) is 2.00. The van der Waals surface area contributed by atoms with Crippen molar-refractivity contribution in [2.75, 3.05) is 6.54 Å². The molecule has 1 rings (SSSR count). The maximum absolute atomic E-state index is 4.15. The van der Waals surface area contributed by atoms with E-state index in [2.05, 4.69) is 30.3 Å². The summed E-state index contributed by atoms with van der Waals surface area (Å²) in [6, 6.07) is 2.72. The Morgan fingerprint density at radius 3 is 2.93 bits per heavy atom. The minimum atomic E-state index is 0.637. The van der Waals surface area contributed by atoms with Gasteiger partial charge in [0.1, 0.15) is 0 Å². The highest BCUT2D eigenvalue weighted by Crippen LogP contribution is 2.00. The van der Waals surface area contributed by atoms with Crippen LogP contribution in [0.3, 0.4) is 0 Å². The van der Waals surface area contributed by atoms with Gasteiger partial charge in [-0.25, -0.2) is 0 Å². The Kier molecular flexibility index (Phi) is 5.40. The first-order valence-corrected chi connectivity index (χ1v) is 5.94. The lowest BCUT2D eigenvalue weighted by atomic mass is 10.1. The average Bonchev–Trinajstić information content (AvgIpc) is 2.61. The molecular weight excluding hydrogens is 186 g/mol. The van der Waals surface area contributed by atoms with E-state index in [4.69, 9.17) is 0 Å². The summed E-state index contributed by atoms with van der Waals surface area (Å²) in [6.45, 7) is 5.55. The Bertz CT molecular complexity index is 268. The number of nitrogens with one attached hydrogen (secondary N) is 1. The standard InChI is InChI=1S/C12H23N3/c1-4-5-6-11(2)13-9-7-12-8-10-14-15(12)3/h8,10-11,13H,4-7,9H2,1-3H3. The number of aromatic nitrogens is 2. The van der Waals surface area contributed by atoms with Crippen molar-refractivity contribution in [1.29, 1.82) is 0 Å². The SMILES string of the molecule is CCCCC(C)NCCc1ccnn1C. The first kappa shape index (κ1) is 12.2. The van der Waals surface area contributed by atoms with E-state index in [0.29, 0.717) is 6.04 Å². The van der Waals surface area contributed by atoms with Crippen molar-refractivity contribution in [1.82, 2.24) is 15.1 Å². The van der Waals surface area contributed by atoms with Crippen LogP contribution >= 0.6 is 0 Å². The van der Waals surface area contributed by atoms with Crippen LogP contribution in [0, 0.1) is 0 Å². The van der Waals surface area contributed by atoms with Crippen molar-refractivity contribution in [3.63, 3.8) is 0 Å². The van der Waals surface area contributed by atoms with Gasteiger partial charge < -0.3 is 5.32 Å². The predicted octanol–water partition coefficient (Wildman–Crippen LogP) is 2.13. The van der Waals surface area contributed by atoms with Gasteiger partial charge in [-0.15, -0.1) is 0 Å². The van der Waals surface area contributed by atoms with Gasteiger partial charge in [0, 0.05) is 37.9 Å². The van der Waals surface area contributed by atoms with Gasteiger partial charge >= 0.3 is 0 Å². The second kappa shape index (κ2) is 6.62. The highest BCUT2D eigenvalue weighted by Gasteiger charge is 2.01. The molecule has 0 amide bonds. The molecule has 1 N–H and O–H groups in total. The summed E-state index contributed by atoms with van der Waals surface area (Å²) < 4.78 is 1.94. The third kappa shape index (κ3) is 4.47. The van der Waals surface area contributed by atoms with E-state index >= 15 is 0 Å². The van der Waals surface area contributed by atoms with Crippen LogP contribution in [0.2, 0.25) is 0 Å². The zero-order valence-corrected chi connectivity index (χ0v) is 10.2. The smallest absolute Gasteiger partial charge is 0.0492 e. The molecule has 1 atom stereocenters. The van der Waals surface area contributed by atoms with Gasteiger partial charge in [0.15, 0.2) is 0 Å². The van der Waals surface area contributed by atoms with Crippen LogP contribution in [0.4, 0.5) is 0 Å². The van der Waals surface area contributed by atoms with Crippen molar-refractivity contribution in [2.45, 2.75) is 45.6 Å². The summed E-state index contributed by atoms with van der Waals surface area (Å²) in [5.74, 6) is 0. The summed E-state index contributed by atoms with van der Waals surface area (Å²) in [6.07, 6.45) is 6.80. The number of unbranched alkanes of at least 4 members (excludes halogenated alkanes) is 1. The molecule has 0 aliphatic rings. The van der Waals surface area contributed by atoms with Crippen LogP contribution < -0.4 is 5.32 Å². The lowest BCUT2D eigenvalue weighted by molar-refractivity contribution is 0.494. The highest BCUT2D eigenvalue weighted by atomic mass is 15.3. The van der Waals surface area contributed by atoms with Crippen LogP contribution in [0.25, 0.3) is 0 Å². The average molecular weight is 209 g/mol. The van der Waals surface area contributed by atoms with Gasteiger partial charge in [-0.3, -0.25) is 4.68 Å². The second-order valence-electron chi connectivity index (χ2n) is 4.19. The fraction of sp³-hybridized carbons (Fsp3) is 0.750. The monoisotopic (exact) mass is 209 g/mol. The molecule has 0 aliphatic heterocycles. The minimum Gasteiger partial charge on any atom is -0.314 e. The van der Waals surface area contributed by atoms with Crippen LogP contribution in [0.15, 0.2) is 12.3 Å². The molecule has 1 unspecified atom stereocenters. The number of nitrogens with zero attached hydrogens (tertiary/aromatic N) is 2. The van der Waals surface area contributed by atoms with E-state index < -0.39 is 0 Å². The van der Waals surface area contributed by atoms with Crippen molar-refractivity contribution in [3.8, 4) is 0 Å². The molecule has 86 valence electrons. The van der Waals surface area contributed by atoms with E-state index in [1.54, 1.807) is 0 Å². The van der Waals surface area contributed by atoms with E-state index in [1.165, 1.54) is 25.0 Å². The number of hydrogen-bond acceptors (Lipinski definition) is 2. The Labute approximate surface area is 92.9 Å². The van der Waals surface area contributed by atoms with Gasteiger partial charge in [-0.2, -0.15) is 5.10 Å². The molecule has 1 aromatic heterocycles. The molecule has 0 spiro atoms. The number of rotatable bonds is 7. The summed E-state index contributed by atoms with van der Waals surface area (Å²) >= 11 is 0. The van der Waals surface area contributed by atoms with Crippen molar-refractivity contribution in [3.05, 3.63) is 18.0 Å². The third-order valence-electron chi connectivity index (χ3n) is 2.79. The molecule has 0 radical (unpaired) electrons. The Hall–Kier alpha value is -0.830. The fourth-order valence-corrected chi connectivity index (χ4v) is 1.71. The molecule has 0 saturated carbocycles. The molecule has 0 fully saturated rings. The van der Waals surface area contributed by atoms with Crippen LogP contribution in [-0.4, -0.2) is 22.4 Å². The van der Waals surface area contributed by atoms with Crippen molar-refractivity contribution in [2.24, 2.45) is 7.05 Å². The van der Waals surface area contributed by atoms with E-state index in [9.17, 15) is 0 Å². The van der Waals surface area contributed by atoms with Gasteiger partial charge in [-0.05, 0) is 19.4 Å². The van der Waals surface area contributed by atoms with Crippen molar-refractivity contribution < 1.29 is 0 Å². The molecule has 0 bridgehead atoms. The molecule has 1 heterocycles. The predicted molar refractivity (Wildman–Crippen MR) is 63.9 cm³/mol. The lowest BCUT2D eigenvalue weighted by Gasteiger charge is -2.12. The van der Waals surface area contributed by atoms with E-state index in [0.717, 1.165) is 13.0 Å². The molecule has 3 heteroatoms. The van der Waals surface area contributed by atoms with E-state index in [-0.39, 0.29) is 0 Å². The van der Waals surface area contributed by atoms with Crippen LogP contribution in [0.1, 0.15) is 38.8 Å². The number of hydrogen-bond donors (Lipinski definition) is 1. The summed E-state index contributed by atoms with van der Waals surface area (Å²) in [5, 5.41) is 7.69. The largest absolute Gasteiger partial charge is 0.314 e. The first-order valence-electron chi connectivity index (χ1n) is 5.94. The number of aryl methyl sites for hydroxylation is 1. The lowest BCUT2D eigenvalue weighted by Crippen LogP contribution is -2.28. The van der Waals surface area contributed by atoms with Crippen LogP contribution in [0.5, 0.6) is 0 Å².